The number of H-pyrrole nitrogens is 1. The zero-order valence-electron chi connectivity index (χ0n) is 16.0. The first kappa shape index (κ1) is 21.8. The van der Waals surface area contributed by atoms with Crippen molar-refractivity contribution in [3.8, 4) is 0 Å². The van der Waals surface area contributed by atoms with Crippen LogP contribution in [0.3, 0.4) is 0 Å². The van der Waals surface area contributed by atoms with Crippen LogP contribution in [0, 0.1) is 18.8 Å². The van der Waals surface area contributed by atoms with Crippen molar-refractivity contribution in [2.24, 2.45) is 11.8 Å². The number of rotatable bonds is 7. The van der Waals surface area contributed by atoms with Gasteiger partial charge in [0.25, 0.3) is 5.56 Å². The first-order valence-corrected chi connectivity index (χ1v) is 10.3. The summed E-state index contributed by atoms with van der Waals surface area (Å²) in [7, 11) is -4.59. The van der Waals surface area contributed by atoms with Gasteiger partial charge >= 0.3 is 13.3 Å². The maximum Gasteiger partial charge on any atom is 0.361 e. The minimum atomic E-state index is -4.59. The Labute approximate surface area is 156 Å². The Balaban J connectivity index is 2.15. The van der Waals surface area contributed by atoms with E-state index in [9.17, 15) is 23.9 Å². The van der Waals surface area contributed by atoms with Gasteiger partial charge in [-0.2, -0.15) is 0 Å². The van der Waals surface area contributed by atoms with Crippen LogP contribution >= 0.6 is 7.60 Å². The molecule has 1 unspecified atom stereocenters. The van der Waals surface area contributed by atoms with E-state index in [1.807, 2.05) is 0 Å². The Bertz CT molecular complexity index is 816. The predicted molar refractivity (Wildman–Crippen MR) is 96.3 cm³/mol. The summed E-state index contributed by atoms with van der Waals surface area (Å²) in [5, 5.41) is -1.65. The monoisotopic (exact) mass is 406 g/mol. The Morgan fingerprint density at radius 3 is 2.41 bits per heavy atom. The number of hydrogen-bond donors (Lipinski definition) is 3. The van der Waals surface area contributed by atoms with Crippen LogP contribution in [0.1, 0.15) is 39.7 Å². The lowest BCUT2D eigenvalue weighted by Crippen LogP contribution is -2.46. The molecular formula is C16H27N2O8P. The van der Waals surface area contributed by atoms with Crippen molar-refractivity contribution in [2.75, 3.05) is 6.61 Å². The van der Waals surface area contributed by atoms with Crippen LogP contribution in [0.4, 0.5) is 0 Å². The Morgan fingerprint density at radius 2 is 1.89 bits per heavy atom. The van der Waals surface area contributed by atoms with E-state index in [0.29, 0.717) is 5.56 Å². The van der Waals surface area contributed by atoms with E-state index in [4.69, 9.17) is 14.3 Å². The molecule has 2 heterocycles. The average Bonchev–Trinajstić information content (AvgIpc) is 2.95. The summed E-state index contributed by atoms with van der Waals surface area (Å²) in [4.78, 5) is 50.7. The first-order chi connectivity index (χ1) is 12.4. The minimum Gasteiger partial charge on any atom is -0.377 e. The highest BCUT2D eigenvalue weighted by Crippen LogP contribution is 2.59. The zero-order valence-corrected chi connectivity index (χ0v) is 16.9. The van der Waals surface area contributed by atoms with Crippen molar-refractivity contribution < 1.29 is 28.7 Å². The van der Waals surface area contributed by atoms with Crippen LogP contribution in [0.2, 0.25) is 0 Å². The van der Waals surface area contributed by atoms with Crippen LogP contribution in [0.5, 0.6) is 0 Å². The molecule has 0 aliphatic carbocycles. The fourth-order valence-corrected chi connectivity index (χ4v) is 5.05. The maximum absolute atomic E-state index is 12.2. The lowest BCUT2D eigenvalue weighted by molar-refractivity contribution is -0.120. The lowest BCUT2D eigenvalue weighted by Gasteiger charge is -2.42. The number of hydrogen-bond acceptors (Lipinski definition) is 6. The first-order valence-electron chi connectivity index (χ1n) is 8.73. The molecule has 0 spiro atoms. The molecule has 0 bridgehead atoms. The molecule has 3 N–H and O–H groups in total. The highest BCUT2D eigenvalue weighted by molar-refractivity contribution is 7.53. The van der Waals surface area contributed by atoms with Crippen molar-refractivity contribution in [1.82, 2.24) is 9.71 Å². The summed E-state index contributed by atoms with van der Waals surface area (Å²) in [5.41, 5.74) is -0.957. The molecule has 2 atom stereocenters. The van der Waals surface area contributed by atoms with E-state index in [-0.39, 0.29) is 13.0 Å². The summed E-state index contributed by atoms with van der Waals surface area (Å²) in [5.74, 6) is -0.884. The lowest BCUT2D eigenvalue weighted by atomic mass is 9.94. The molecule has 1 aromatic rings. The molecule has 0 amide bonds. The van der Waals surface area contributed by atoms with Gasteiger partial charge in [-0.15, -0.1) is 4.73 Å². The van der Waals surface area contributed by atoms with Crippen LogP contribution in [-0.2, 0) is 14.0 Å². The molecule has 11 heteroatoms. The molecule has 1 aliphatic rings. The number of ether oxygens (including phenoxy) is 2. The topological polar surface area (TPSA) is 140 Å². The quantitative estimate of drug-likeness (QED) is 0.559. The van der Waals surface area contributed by atoms with Crippen molar-refractivity contribution in [3.05, 3.63) is 32.6 Å². The van der Waals surface area contributed by atoms with E-state index < -0.39 is 48.4 Å². The van der Waals surface area contributed by atoms with Gasteiger partial charge in [-0.3, -0.25) is 14.3 Å². The smallest absolute Gasteiger partial charge is 0.361 e. The summed E-state index contributed by atoms with van der Waals surface area (Å²) >= 11 is 0. The SMILES string of the molecule is Cc1cn(OC2C[C@H](OC(C(C)C)(C(C)C)P(=O)(O)O)CO2)c(=O)[nH]c1=O. The number of nitrogens with one attached hydrogen (secondary N) is 1. The molecule has 27 heavy (non-hydrogen) atoms. The van der Waals surface area contributed by atoms with E-state index >= 15 is 0 Å². The van der Waals surface area contributed by atoms with Gasteiger partial charge in [0.2, 0.25) is 6.29 Å². The molecular weight excluding hydrogens is 379 g/mol. The molecule has 0 saturated carbocycles. The Hall–Kier alpha value is -1.45. The second kappa shape index (κ2) is 7.89. The van der Waals surface area contributed by atoms with E-state index in [0.717, 1.165) is 4.73 Å². The van der Waals surface area contributed by atoms with Gasteiger partial charge in [0.15, 0.2) is 5.34 Å². The summed E-state index contributed by atoms with van der Waals surface area (Å²) in [6.07, 6.45) is -0.0500. The standard InChI is InChI=1S/C16H27N2O8P/c1-9(2)16(10(3)4,27(21,22)23)25-12-6-13(24-8-12)26-18-7-11(5)14(19)17-15(18)20/h7,9-10,12-13H,6,8H2,1-5H3,(H,17,19,20)(H2,21,22,23)/t12-,13?/m0/s1. The van der Waals surface area contributed by atoms with Crippen molar-refractivity contribution in [2.45, 2.75) is 58.8 Å². The van der Waals surface area contributed by atoms with Gasteiger partial charge in [0.1, 0.15) is 0 Å². The minimum absolute atomic E-state index is 0.0585. The molecule has 2 rings (SSSR count). The van der Waals surface area contributed by atoms with Crippen LogP contribution in [0.15, 0.2) is 15.8 Å². The third-order valence-electron chi connectivity index (χ3n) is 4.71. The number of aryl methyl sites for hydroxylation is 1. The second-order valence-electron chi connectivity index (χ2n) is 7.35. The van der Waals surface area contributed by atoms with Crippen LogP contribution < -0.4 is 16.1 Å². The van der Waals surface area contributed by atoms with E-state index in [1.54, 1.807) is 27.7 Å². The van der Waals surface area contributed by atoms with Crippen LogP contribution in [0.25, 0.3) is 0 Å². The third kappa shape index (κ3) is 4.35. The molecule has 1 fully saturated rings. The normalized spacial score (nSPS) is 21.2. The molecule has 154 valence electrons. The number of aromatic nitrogens is 2. The van der Waals surface area contributed by atoms with Gasteiger partial charge < -0.3 is 24.1 Å². The van der Waals surface area contributed by atoms with E-state index in [1.165, 1.54) is 13.1 Å². The fourth-order valence-electron chi connectivity index (χ4n) is 3.42. The van der Waals surface area contributed by atoms with Gasteiger partial charge in [-0.25, -0.2) is 4.79 Å². The highest BCUT2D eigenvalue weighted by atomic mass is 31.2. The molecule has 1 saturated heterocycles. The Morgan fingerprint density at radius 1 is 1.30 bits per heavy atom. The molecule has 0 radical (unpaired) electrons. The fraction of sp³-hybridized carbons (Fsp3) is 0.750. The third-order valence-corrected chi connectivity index (χ3v) is 6.76. The van der Waals surface area contributed by atoms with Crippen molar-refractivity contribution >= 4 is 7.60 Å². The van der Waals surface area contributed by atoms with Crippen molar-refractivity contribution in [1.29, 1.82) is 0 Å². The summed E-state index contributed by atoms with van der Waals surface area (Å²) < 4.78 is 24.5. The summed E-state index contributed by atoms with van der Waals surface area (Å²) in [6, 6.07) is 0. The van der Waals surface area contributed by atoms with Crippen molar-refractivity contribution in [3.63, 3.8) is 0 Å². The molecule has 10 nitrogen and oxygen atoms in total. The molecule has 0 aromatic carbocycles. The van der Waals surface area contributed by atoms with Crippen LogP contribution in [-0.4, -0.2) is 43.8 Å². The van der Waals surface area contributed by atoms with Gasteiger partial charge in [0, 0.05) is 12.0 Å². The number of aromatic amines is 1. The average molecular weight is 406 g/mol. The molecule has 1 aliphatic heterocycles. The number of nitrogens with zero attached hydrogens (tertiary/aromatic N) is 1. The summed E-state index contributed by atoms with van der Waals surface area (Å²) in [6.45, 7) is 8.39. The van der Waals surface area contributed by atoms with Gasteiger partial charge in [-0.05, 0) is 18.8 Å². The largest absolute Gasteiger partial charge is 0.377 e. The van der Waals surface area contributed by atoms with E-state index in [2.05, 4.69) is 4.98 Å². The predicted octanol–water partition coefficient (Wildman–Crippen LogP) is 0.591. The molecule has 1 aromatic heterocycles. The second-order valence-corrected chi connectivity index (χ2v) is 9.13. The zero-order chi connectivity index (χ0) is 20.6. The van der Waals surface area contributed by atoms with Gasteiger partial charge in [-0.1, -0.05) is 27.7 Å². The van der Waals surface area contributed by atoms with Gasteiger partial charge in [0.05, 0.1) is 18.9 Å². The maximum atomic E-state index is 12.2. The highest BCUT2D eigenvalue weighted by Gasteiger charge is 2.55. The Kier molecular flexibility index (Phi) is 6.38.